The SMILES string of the molecule is CC(C)N(C)CC1CCN(C(=O)[C@@H]2C[C@@H]2C(=O)O)CC1. The molecule has 1 N–H and O–H groups in total. The van der Waals surface area contributed by atoms with Gasteiger partial charge in [-0.2, -0.15) is 0 Å². The Morgan fingerprint density at radius 2 is 1.85 bits per heavy atom. The number of piperidine rings is 1. The van der Waals surface area contributed by atoms with Crippen molar-refractivity contribution in [3.8, 4) is 0 Å². The second-order valence-electron chi connectivity index (χ2n) is 6.59. The minimum absolute atomic E-state index is 0.0630. The molecule has 2 rings (SSSR count). The fraction of sp³-hybridized carbons (Fsp3) is 0.867. The molecule has 0 spiro atoms. The Kier molecular flexibility index (Phi) is 4.68. The summed E-state index contributed by atoms with van der Waals surface area (Å²) in [6.07, 6.45) is 2.60. The summed E-state index contributed by atoms with van der Waals surface area (Å²) >= 11 is 0. The van der Waals surface area contributed by atoms with E-state index in [0.29, 0.717) is 18.4 Å². The van der Waals surface area contributed by atoms with Crippen LogP contribution in [0.4, 0.5) is 0 Å². The predicted molar refractivity (Wildman–Crippen MR) is 76.3 cm³/mol. The maximum absolute atomic E-state index is 12.2. The zero-order valence-electron chi connectivity index (χ0n) is 12.7. The topological polar surface area (TPSA) is 60.9 Å². The Morgan fingerprint density at radius 3 is 2.30 bits per heavy atom. The highest BCUT2D eigenvalue weighted by atomic mass is 16.4. The van der Waals surface area contributed by atoms with Crippen molar-refractivity contribution < 1.29 is 14.7 Å². The standard InChI is InChI=1S/C15H26N2O3/c1-10(2)16(3)9-11-4-6-17(7-5-11)14(18)12-8-13(12)15(19)20/h10-13H,4-9H2,1-3H3,(H,19,20)/t12-,13+/m1/s1. The number of carbonyl (C=O) groups is 2. The van der Waals surface area contributed by atoms with Crippen molar-refractivity contribution in [2.75, 3.05) is 26.7 Å². The summed E-state index contributed by atoms with van der Waals surface area (Å²) in [4.78, 5) is 27.2. The molecule has 1 aliphatic heterocycles. The molecular formula is C15H26N2O3. The van der Waals surface area contributed by atoms with Crippen molar-refractivity contribution in [3.63, 3.8) is 0 Å². The number of likely N-dealkylation sites (tertiary alicyclic amines) is 1. The second-order valence-corrected chi connectivity index (χ2v) is 6.59. The normalized spacial score (nSPS) is 27.1. The van der Waals surface area contributed by atoms with Crippen LogP contribution in [0.5, 0.6) is 0 Å². The monoisotopic (exact) mass is 282 g/mol. The minimum atomic E-state index is -0.822. The molecule has 2 atom stereocenters. The van der Waals surface area contributed by atoms with E-state index >= 15 is 0 Å². The van der Waals surface area contributed by atoms with E-state index in [-0.39, 0.29) is 11.8 Å². The number of rotatable bonds is 5. The molecule has 0 aromatic heterocycles. The first-order valence-electron chi connectivity index (χ1n) is 7.62. The highest BCUT2D eigenvalue weighted by molar-refractivity contribution is 5.89. The Balaban J connectivity index is 1.74. The van der Waals surface area contributed by atoms with Crippen LogP contribution in [0, 0.1) is 17.8 Å². The summed E-state index contributed by atoms with van der Waals surface area (Å²) in [5, 5.41) is 8.89. The van der Waals surface area contributed by atoms with Crippen molar-refractivity contribution in [1.29, 1.82) is 0 Å². The molecular weight excluding hydrogens is 256 g/mol. The molecule has 0 aromatic carbocycles. The van der Waals surface area contributed by atoms with Crippen molar-refractivity contribution in [3.05, 3.63) is 0 Å². The van der Waals surface area contributed by atoms with Gasteiger partial charge in [-0.1, -0.05) is 0 Å². The summed E-state index contributed by atoms with van der Waals surface area (Å²) in [6.45, 7) is 7.05. The van der Waals surface area contributed by atoms with Gasteiger partial charge < -0.3 is 14.9 Å². The summed E-state index contributed by atoms with van der Waals surface area (Å²) in [5.74, 6) is -0.777. The molecule has 1 saturated carbocycles. The van der Waals surface area contributed by atoms with Gasteiger partial charge in [0.25, 0.3) is 0 Å². The number of hydrogen-bond donors (Lipinski definition) is 1. The van der Waals surface area contributed by atoms with Crippen molar-refractivity contribution in [1.82, 2.24) is 9.80 Å². The number of carboxylic acid groups (broad SMARTS) is 1. The molecule has 2 aliphatic rings. The summed E-state index contributed by atoms with van der Waals surface area (Å²) in [6, 6.07) is 0.553. The van der Waals surface area contributed by atoms with Crippen LogP contribution in [-0.2, 0) is 9.59 Å². The lowest BCUT2D eigenvalue weighted by Gasteiger charge is -2.35. The summed E-state index contributed by atoms with van der Waals surface area (Å²) in [5.41, 5.74) is 0. The highest BCUT2D eigenvalue weighted by Crippen LogP contribution is 2.40. The number of aliphatic carboxylic acids is 1. The van der Waals surface area contributed by atoms with E-state index in [1.807, 2.05) is 4.90 Å². The van der Waals surface area contributed by atoms with Crippen molar-refractivity contribution in [2.24, 2.45) is 17.8 Å². The van der Waals surface area contributed by atoms with E-state index in [4.69, 9.17) is 5.11 Å². The third kappa shape index (κ3) is 3.51. The predicted octanol–water partition coefficient (Wildman–Crippen LogP) is 1.29. The van der Waals surface area contributed by atoms with Crippen LogP contribution in [0.3, 0.4) is 0 Å². The van der Waals surface area contributed by atoms with E-state index in [0.717, 1.165) is 32.5 Å². The van der Waals surface area contributed by atoms with E-state index in [1.165, 1.54) is 0 Å². The Morgan fingerprint density at radius 1 is 1.25 bits per heavy atom. The van der Waals surface area contributed by atoms with Gasteiger partial charge in [0.15, 0.2) is 0 Å². The molecule has 0 aromatic rings. The minimum Gasteiger partial charge on any atom is -0.481 e. The third-order valence-corrected chi connectivity index (χ3v) is 4.78. The van der Waals surface area contributed by atoms with Crippen LogP contribution in [0.15, 0.2) is 0 Å². The van der Waals surface area contributed by atoms with Crippen LogP contribution in [0.1, 0.15) is 33.1 Å². The molecule has 5 heteroatoms. The Labute approximate surface area is 120 Å². The molecule has 1 saturated heterocycles. The molecule has 1 amide bonds. The number of carbonyl (C=O) groups excluding carboxylic acids is 1. The van der Waals surface area contributed by atoms with Crippen LogP contribution in [0.25, 0.3) is 0 Å². The first-order valence-corrected chi connectivity index (χ1v) is 7.62. The van der Waals surface area contributed by atoms with Gasteiger partial charge in [-0.3, -0.25) is 9.59 Å². The van der Waals surface area contributed by atoms with Gasteiger partial charge in [0.05, 0.1) is 11.8 Å². The second kappa shape index (κ2) is 6.12. The van der Waals surface area contributed by atoms with Crippen LogP contribution in [0.2, 0.25) is 0 Å². The molecule has 20 heavy (non-hydrogen) atoms. The van der Waals surface area contributed by atoms with Crippen LogP contribution in [-0.4, -0.2) is 59.5 Å². The first-order chi connectivity index (χ1) is 9.40. The van der Waals surface area contributed by atoms with Gasteiger partial charge in [0.1, 0.15) is 0 Å². The molecule has 2 fully saturated rings. The van der Waals surface area contributed by atoms with Gasteiger partial charge in [-0.25, -0.2) is 0 Å². The number of hydrogen-bond acceptors (Lipinski definition) is 3. The van der Waals surface area contributed by atoms with Gasteiger partial charge in [0, 0.05) is 25.7 Å². The molecule has 5 nitrogen and oxygen atoms in total. The maximum atomic E-state index is 12.2. The van der Waals surface area contributed by atoms with E-state index < -0.39 is 11.9 Å². The van der Waals surface area contributed by atoms with Crippen molar-refractivity contribution in [2.45, 2.75) is 39.2 Å². The molecule has 0 radical (unpaired) electrons. The average Bonchev–Trinajstić information content (AvgIpc) is 3.19. The maximum Gasteiger partial charge on any atom is 0.307 e. The largest absolute Gasteiger partial charge is 0.481 e. The number of carboxylic acids is 1. The van der Waals surface area contributed by atoms with Gasteiger partial charge in [0.2, 0.25) is 5.91 Å². The lowest BCUT2D eigenvalue weighted by molar-refractivity contribution is -0.142. The van der Waals surface area contributed by atoms with E-state index in [2.05, 4.69) is 25.8 Å². The number of nitrogens with zero attached hydrogens (tertiary/aromatic N) is 2. The molecule has 0 unspecified atom stereocenters. The van der Waals surface area contributed by atoms with Crippen LogP contribution >= 0.6 is 0 Å². The Hall–Kier alpha value is -1.10. The zero-order valence-corrected chi connectivity index (χ0v) is 12.7. The van der Waals surface area contributed by atoms with Crippen LogP contribution < -0.4 is 0 Å². The van der Waals surface area contributed by atoms with Gasteiger partial charge >= 0.3 is 5.97 Å². The quantitative estimate of drug-likeness (QED) is 0.825. The molecule has 1 heterocycles. The van der Waals surface area contributed by atoms with E-state index in [1.54, 1.807) is 0 Å². The van der Waals surface area contributed by atoms with Crippen molar-refractivity contribution >= 4 is 11.9 Å². The highest BCUT2D eigenvalue weighted by Gasteiger charge is 2.50. The fourth-order valence-electron chi connectivity index (χ4n) is 2.93. The fourth-order valence-corrected chi connectivity index (χ4v) is 2.93. The lowest BCUT2D eigenvalue weighted by atomic mass is 9.95. The van der Waals surface area contributed by atoms with E-state index in [9.17, 15) is 9.59 Å². The summed E-state index contributed by atoms with van der Waals surface area (Å²) in [7, 11) is 2.14. The smallest absolute Gasteiger partial charge is 0.307 e. The first kappa shape index (κ1) is 15.3. The average molecular weight is 282 g/mol. The molecule has 0 bridgehead atoms. The number of amides is 1. The Bertz CT molecular complexity index is 375. The lowest BCUT2D eigenvalue weighted by Crippen LogP contribution is -2.42. The third-order valence-electron chi connectivity index (χ3n) is 4.78. The van der Waals surface area contributed by atoms with Gasteiger partial charge in [-0.05, 0) is 46.1 Å². The van der Waals surface area contributed by atoms with Gasteiger partial charge in [-0.15, -0.1) is 0 Å². The molecule has 114 valence electrons. The zero-order chi connectivity index (χ0) is 14.9. The summed E-state index contributed by atoms with van der Waals surface area (Å²) < 4.78 is 0. The molecule has 1 aliphatic carbocycles.